The number of rotatable bonds is 2. The van der Waals surface area contributed by atoms with Gasteiger partial charge in [0.1, 0.15) is 11.5 Å². The fourth-order valence-corrected chi connectivity index (χ4v) is 3.30. The second-order valence-corrected chi connectivity index (χ2v) is 9.54. The first kappa shape index (κ1) is 20.0. The number of hydrogen-bond acceptors (Lipinski definition) is 2. The van der Waals surface area contributed by atoms with E-state index in [0.717, 1.165) is 22.3 Å². The van der Waals surface area contributed by atoms with Crippen LogP contribution in [0, 0.1) is 0 Å². The largest absolute Gasteiger partial charge is 0.507 e. The molecule has 0 aliphatic carbocycles. The number of phenols is 2. The highest BCUT2D eigenvalue weighted by molar-refractivity contribution is 5.77. The summed E-state index contributed by atoms with van der Waals surface area (Å²) in [7, 11) is 0. The van der Waals surface area contributed by atoms with Crippen molar-refractivity contribution in [2.45, 2.75) is 52.4 Å². The van der Waals surface area contributed by atoms with Gasteiger partial charge in [-0.05, 0) is 57.3 Å². The number of hydrogen-bond donors (Lipinski definition) is 2. The summed E-state index contributed by atoms with van der Waals surface area (Å²) < 4.78 is 0. The van der Waals surface area contributed by atoms with Gasteiger partial charge in [-0.3, -0.25) is 0 Å². The molecule has 3 aromatic carbocycles. The van der Waals surface area contributed by atoms with E-state index in [1.54, 1.807) is 12.1 Å². The summed E-state index contributed by atoms with van der Waals surface area (Å²) in [5, 5.41) is 20.7. The van der Waals surface area contributed by atoms with Crippen molar-refractivity contribution in [2.24, 2.45) is 0 Å². The standard InChI is InChI=1S/C26H30O2/c1-25(2,3)19-11-13-23(27)21(15-19)17-7-9-18(10-8-17)22-16-20(26(4,5)6)12-14-24(22)28/h7-16,27-28H,1-6H3. The predicted molar refractivity (Wildman–Crippen MR) is 118 cm³/mol. The molecule has 2 nitrogen and oxygen atoms in total. The smallest absolute Gasteiger partial charge is 0.123 e. The molecule has 0 aromatic heterocycles. The van der Waals surface area contributed by atoms with Crippen molar-refractivity contribution in [1.29, 1.82) is 0 Å². The fourth-order valence-electron chi connectivity index (χ4n) is 3.30. The van der Waals surface area contributed by atoms with E-state index in [0.29, 0.717) is 0 Å². The lowest BCUT2D eigenvalue weighted by atomic mass is 9.84. The zero-order valence-corrected chi connectivity index (χ0v) is 17.7. The Balaban J connectivity index is 2.02. The van der Waals surface area contributed by atoms with Crippen LogP contribution in [-0.4, -0.2) is 10.2 Å². The van der Waals surface area contributed by atoms with Crippen LogP contribution in [0.5, 0.6) is 11.5 Å². The molecule has 0 atom stereocenters. The van der Waals surface area contributed by atoms with Gasteiger partial charge in [-0.15, -0.1) is 0 Å². The van der Waals surface area contributed by atoms with Crippen LogP contribution in [0.15, 0.2) is 60.7 Å². The lowest BCUT2D eigenvalue weighted by molar-refractivity contribution is 0.475. The van der Waals surface area contributed by atoms with Gasteiger partial charge in [-0.25, -0.2) is 0 Å². The highest BCUT2D eigenvalue weighted by Crippen LogP contribution is 2.37. The molecular weight excluding hydrogens is 344 g/mol. The molecule has 0 bridgehead atoms. The third kappa shape index (κ3) is 4.06. The Kier molecular flexibility index (Phi) is 5.01. The maximum atomic E-state index is 10.4. The summed E-state index contributed by atoms with van der Waals surface area (Å²) in [5.74, 6) is 0.552. The van der Waals surface area contributed by atoms with Crippen LogP contribution in [0.4, 0.5) is 0 Å². The molecule has 3 rings (SSSR count). The van der Waals surface area contributed by atoms with Crippen LogP contribution in [-0.2, 0) is 10.8 Å². The molecule has 0 saturated heterocycles. The highest BCUT2D eigenvalue weighted by Gasteiger charge is 2.18. The van der Waals surface area contributed by atoms with Crippen LogP contribution in [0.3, 0.4) is 0 Å². The number of aromatic hydroxyl groups is 2. The molecule has 0 saturated carbocycles. The van der Waals surface area contributed by atoms with E-state index in [-0.39, 0.29) is 22.3 Å². The Morgan fingerprint density at radius 2 is 0.821 bits per heavy atom. The van der Waals surface area contributed by atoms with E-state index >= 15 is 0 Å². The lowest BCUT2D eigenvalue weighted by Crippen LogP contribution is -2.10. The van der Waals surface area contributed by atoms with E-state index in [9.17, 15) is 10.2 Å². The first-order valence-electron chi connectivity index (χ1n) is 9.74. The van der Waals surface area contributed by atoms with Gasteiger partial charge in [0.25, 0.3) is 0 Å². The summed E-state index contributed by atoms with van der Waals surface area (Å²) in [6, 6.07) is 19.6. The predicted octanol–water partition coefficient (Wildman–Crippen LogP) is 7.03. The summed E-state index contributed by atoms with van der Waals surface area (Å²) in [4.78, 5) is 0. The Hall–Kier alpha value is -2.74. The average Bonchev–Trinajstić information content (AvgIpc) is 2.61. The second-order valence-electron chi connectivity index (χ2n) is 9.54. The average molecular weight is 375 g/mol. The van der Waals surface area contributed by atoms with Crippen molar-refractivity contribution in [3.8, 4) is 33.8 Å². The van der Waals surface area contributed by atoms with E-state index in [2.05, 4.69) is 53.7 Å². The van der Waals surface area contributed by atoms with E-state index < -0.39 is 0 Å². The highest BCUT2D eigenvalue weighted by atomic mass is 16.3. The fraction of sp³-hybridized carbons (Fsp3) is 0.308. The van der Waals surface area contributed by atoms with Gasteiger partial charge in [0.05, 0.1) is 0 Å². The molecule has 0 fully saturated rings. The Bertz CT molecular complexity index is 902. The van der Waals surface area contributed by atoms with Crippen LogP contribution in [0.1, 0.15) is 52.7 Å². The van der Waals surface area contributed by atoms with E-state index in [1.165, 1.54) is 11.1 Å². The van der Waals surface area contributed by atoms with Crippen molar-refractivity contribution < 1.29 is 10.2 Å². The van der Waals surface area contributed by atoms with Gasteiger partial charge in [0.15, 0.2) is 0 Å². The number of phenolic OH excluding ortho intramolecular Hbond substituents is 2. The van der Waals surface area contributed by atoms with Gasteiger partial charge < -0.3 is 10.2 Å². The summed E-state index contributed by atoms with van der Waals surface area (Å²) in [6.45, 7) is 13.0. The van der Waals surface area contributed by atoms with Crippen molar-refractivity contribution in [3.63, 3.8) is 0 Å². The first-order valence-corrected chi connectivity index (χ1v) is 9.74. The molecule has 0 amide bonds. The topological polar surface area (TPSA) is 40.5 Å². The van der Waals surface area contributed by atoms with E-state index in [4.69, 9.17) is 0 Å². The third-order valence-electron chi connectivity index (χ3n) is 5.23. The zero-order chi connectivity index (χ0) is 20.7. The Morgan fingerprint density at radius 3 is 1.11 bits per heavy atom. The molecule has 0 radical (unpaired) electrons. The zero-order valence-electron chi connectivity index (χ0n) is 17.7. The first-order chi connectivity index (χ1) is 13.0. The van der Waals surface area contributed by atoms with Gasteiger partial charge in [0, 0.05) is 11.1 Å². The minimum Gasteiger partial charge on any atom is -0.507 e. The molecule has 0 unspecified atom stereocenters. The molecule has 2 N–H and O–H groups in total. The Labute approximate surface area is 168 Å². The lowest BCUT2D eigenvalue weighted by Gasteiger charge is -2.21. The van der Waals surface area contributed by atoms with Crippen molar-refractivity contribution in [3.05, 3.63) is 71.8 Å². The van der Waals surface area contributed by atoms with Crippen LogP contribution in [0.25, 0.3) is 22.3 Å². The van der Waals surface area contributed by atoms with Gasteiger partial charge in [-0.2, -0.15) is 0 Å². The molecule has 0 spiro atoms. The summed E-state index contributed by atoms with van der Waals surface area (Å²) in [6.07, 6.45) is 0. The summed E-state index contributed by atoms with van der Waals surface area (Å²) >= 11 is 0. The van der Waals surface area contributed by atoms with Crippen LogP contribution in [0.2, 0.25) is 0 Å². The Morgan fingerprint density at radius 1 is 0.500 bits per heavy atom. The number of benzene rings is 3. The summed E-state index contributed by atoms with van der Waals surface area (Å²) in [5.41, 5.74) is 5.96. The molecule has 146 valence electrons. The molecular formula is C26H30O2. The van der Waals surface area contributed by atoms with Crippen molar-refractivity contribution in [2.75, 3.05) is 0 Å². The third-order valence-corrected chi connectivity index (χ3v) is 5.23. The van der Waals surface area contributed by atoms with Gasteiger partial charge >= 0.3 is 0 Å². The molecule has 3 aromatic rings. The molecule has 2 heteroatoms. The molecule has 0 heterocycles. The van der Waals surface area contributed by atoms with Crippen molar-refractivity contribution >= 4 is 0 Å². The molecule has 0 aliphatic rings. The normalized spacial score (nSPS) is 12.2. The minimum atomic E-state index is 0.0155. The van der Waals surface area contributed by atoms with Gasteiger partial charge in [-0.1, -0.05) is 77.9 Å². The SMILES string of the molecule is CC(C)(C)c1ccc(O)c(-c2ccc(-c3cc(C(C)(C)C)ccc3O)cc2)c1. The van der Waals surface area contributed by atoms with E-state index in [1.807, 2.05) is 36.4 Å². The van der Waals surface area contributed by atoms with Crippen LogP contribution >= 0.6 is 0 Å². The monoisotopic (exact) mass is 374 g/mol. The quantitative estimate of drug-likeness (QED) is 0.505. The molecule has 28 heavy (non-hydrogen) atoms. The minimum absolute atomic E-state index is 0.0155. The van der Waals surface area contributed by atoms with Crippen LogP contribution < -0.4 is 0 Å². The van der Waals surface area contributed by atoms with Gasteiger partial charge in [0.2, 0.25) is 0 Å². The van der Waals surface area contributed by atoms with Crippen molar-refractivity contribution in [1.82, 2.24) is 0 Å². The maximum absolute atomic E-state index is 10.4. The second kappa shape index (κ2) is 7.01. The molecule has 0 aliphatic heterocycles. The maximum Gasteiger partial charge on any atom is 0.123 e.